The smallest absolute Gasteiger partial charge is 0.408 e. The zero-order valence-corrected chi connectivity index (χ0v) is 17.2. The topological polar surface area (TPSA) is 103 Å². The number of hydrogen-bond acceptors (Lipinski definition) is 7. The molecule has 0 radical (unpaired) electrons. The molecule has 2 aromatic rings. The van der Waals surface area contributed by atoms with E-state index in [2.05, 4.69) is 15.3 Å². The maximum Gasteiger partial charge on any atom is 0.408 e. The molecule has 2 atom stereocenters. The molecule has 3 rings (SSSR count). The summed E-state index contributed by atoms with van der Waals surface area (Å²) in [4.78, 5) is 33.6. The van der Waals surface area contributed by atoms with Gasteiger partial charge in [0.15, 0.2) is 11.9 Å². The third-order valence-corrected chi connectivity index (χ3v) is 4.33. The van der Waals surface area contributed by atoms with Gasteiger partial charge in [0, 0.05) is 12.6 Å². The van der Waals surface area contributed by atoms with E-state index in [1.54, 1.807) is 32.9 Å². The molecule has 0 saturated carbocycles. The number of hydrogen-bond donors (Lipinski definition) is 1. The number of alkyl carbamates (subject to hydrolysis) is 1. The van der Waals surface area contributed by atoms with Crippen LogP contribution >= 0.6 is 0 Å². The Morgan fingerprint density at radius 1 is 1.23 bits per heavy atom. The van der Waals surface area contributed by atoms with Crippen LogP contribution < -0.4 is 5.32 Å². The Balaban J connectivity index is 1.73. The van der Waals surface area contributed by atoms with Crippen molar-refractivity contribution >= 4 is 18.3 Å². The number of carbonyl (C=O) groups is 2. The van der Waals surface area contributed by atoms with E-state index >= 15 is 0 Å². The summed E-state index contributed by atoms with van der Waals surface area (Å²) in [7, 11) is 0. The standard InChI is InChI=1S/C22H25N3O5/c1-21(2,3)30-19(26)22(10-7-11-24-22)12-17(18-13-23-15-29-18)25-20(27)28-14-16-8-5-4-6-9-16/h4-11,13,15,17H,12,14H2,1-3H3,(H,25,27)/t17-,22?/m0/s1. The van der Waals surface area contributed by atoms with E-state index in [1.165, 1.54) is 18.8 Å². The highest BCUT2D eigenvalue weighted by atomic mass is 16.6. The van der Waals surface area contributed by atoms with Gasteiger partial charge in [-0.2, -0.15) is 0 Å². The van der Waals surface area contributed by atoms with Crippen LogP contribution in [0.25, 0.3) is 0 Å². The van der Waals surface area contributed by atoms with Crippen LogP contribution in [0.3, 0.4) is 0 Å². The molecule has 1 aromatic heterocycles. The van der Waals surface area contributed by atoms with Gasteiger partial charge in [-0.1, -0.05) is 30.3 Å². The zero-order chi connectivity index (χ0) is 21.6. The first-order valence-corrected chi connectivity index (χ1v) is 9.59. The minimum atomic E-state index is -1.28. The van der Waals surface area contributed by atoms with Crippen molar-refractivity contribution < 1.29 is 23.5 Å². The third kappa shape index (κ3) is 5.56. The molecule has 2 heterocycles. The van der Waals surface area contributed by atoms with Gasteiger partial charge in [0.25, 0.3) is 0 Å². The molecule has 158 valence electrons. The maximum absolute atomic E-state index is 12.9. The van der Waals surface area contributed by atoms with Gasteiger partial charge in [0.2, 0.25) is 0 Å². The van der Waals surface area contributed by atoms with Crippen LogP contribution in [0.2, 0.25) is 0 Å². The molecule has 0 saturated heterocycles. The SMILES string of the molecule is CC(C)(C)OC(=O)C1(C[C@H](NC(=O)OCc2ccccc2)c2cnco2)C=CC=N1. The molecular weight excluding hydrogens is 386 g/mol. The minimum absolute atomic E-state index is 0.0878. The molecule has 1 amide bonds. The predicted molar refractivity (Wildman–Crippen MR) is 110 cm³/mol. The number of allylic oxidation sites excluding steroid dienone is 1. The summed E-state index contributed by atoms with van der Waals surface area (Å²) >= 11 is 0. The molecule has 30 heavy (non-hydrogen) atoms. The van der Waals surface area contributed by atoms with Crippen LogP contribution in [0.1, 0.15) is 44.6 Å². The van der Waals surface area contributed by atoms with Crippen LogP contribution in [-0.2, 0) is 20.9 Å². The average Bonchev–Trinajstić information content (AvgIpc) is 3.38. The summed E-state index contributed by atoms with van der Waals surface area (Å²) < 4.78 is 16.3. The van der Waals surface area contributed by atoms with Gasteiger partial charge in [0.05, 0.1) is 12.2 Å². The Hall–Kier alpha value is -3.42. The number of aliphatic imine (C=N–C) groups is 1. The van der Waals surface area contributed by atoms with Crippen LogP contribution in [-0.4, -0.2) is 34.4 Å². The molecule has 0 spiro atoms. The molecule has 0 fully saturated rings. The van der Waals surface area contributed by atoms with Gasteiger partial charge in [-0.15, -0.1) is 0 Å². The number of benzene rings is 1. The number of amides is 1. The molecule has 1 aliphatic rings. The molecule has 0 aliphatic carbocycles. The van der Waals surface area contributed by atoms with Gasteiger partial charge in [0.1, 0.15) is 18.0 Å². The van der Waals surface area contributed by atoms with Crippen molar-refractivity contribution in [2.75, 3.05) is 0 Å². The highest BCUT2D eigenvalue weighted by molar-refractivity contribution is 5.91. The monoisotopic (exact) mass is 411 g/mol. The normalized spacial score (nSPS) is 18.8. The van der Waals surface area contributed by atoms with Crippen LogP contribution in [0.5, 0.6) is 0 Å². The second kappa shape index (κ2) is 8.94. The van der Waals surface area contributed by atoms with Crippen LogP contribution in [0, 0.1) is 0 Å². The van der Waals surface area contributed by atoms with Gasteiger partial charge in [-0.25, -0.2) is 14.6 Å². The van der Waals surface area contributed by atoms with Gasteiger partial charge < -0.3 is 19.2 Å². The van der Waals surface area contributed by atoms with E-state index in [-0.39, 0.29) is 13.0 Å². The molecule has 1 aliphatic heterocycles. The average molecular weight is 411 g/mol. The number of carbonyl (C=O) groups excluding carboxylic acids is 2. The number of nitrogens with one attached hydrogen (secondary N) is 1. The zero-order valence-electron chi connectivity index (χ0n) is 17.2. The molecule has 1 aromatic carbocycles. The third-order valence-electron chi connectivity index (χ3n) is 4.33. The van der Waals surface area contributed by atoms with Crippen molar-refractivity contribution in [3.63, 3.8) is 0 Å². The molecule has 1 unspecified atom stereocenters. The number of nitrogens with zero attached hydrogens (tertiary/aromatic N) is 2. The van der Waals surface area contributed by atoms with E-state index in [4.69, 9.17) is 13.9 Å². The Labute approximate surface area is 175 Å². The summed E-state index contributed by atoms with van der Waals surface area (Å²) in [5.74, 6) is -0.130. The lowest BCUT2D eigenvalue weighted by molar-refractivity contribution is -0.159. The predicted octanol–water partition coefficient (Wildman–Crippen LogP) is 3.75. The van der Waals surface area contributed by atoms with Gasteiger partial charge in [-0.05, 0) is 38.5 Å². The molecular formula is C22H25N3O5. The molecule has 8 heteroatoms. The first-order chi connectivity index (χ1) is 14.3. The highest BCUT2D eigenvalue weighted by Crippen LogP contribution is 2.33. The lowest BCUT2D eigenvalue weighted by atomic mass is 9.91. The minimum Gasteiger partial charge on any atom is -0.458 e. The highest BCUT2D eigenvalue weighted by Gasteiger charge is 2.43. The fraction of sp³-hybridized carbons (Fsp3) is 0.364. The number of ether oxygens (including phenoxy) is 2. The number of rotatable bonds is 7. The summed E-state index contributed by atoms with van der Waals surface area (Å²) in [5.41, 5.74) is -1.10. The second-order valence-electron chi connectivity index (χ2n) is 7.93. The largest absolute Gasteiger partial charge is 0.458 e. The molecule has 0 bridgehead atoms. The Morgan fingerprint density at radius 2 is 2.00 bits per heavy atom. The van der Waals surface area contributed by atoms with E-state index < -0.39 is 29.2 Å². The second-order valence-corrected chi connectivity index (χ2v) is 7.93. The van der Waals surface area contributed by atoms with Crippen molar-refractivity contribution in [1.82, 2.24) is 10.3 Å². The fourth-order valence-corrected chi connectivity index (χ4v) is 2.95. The number of oxazole rings is 1. The molecule has 8 nitrogen and oxygen atoms in total. The quantitative estimate of drug-likeness (QED) is 0.696. The van der Waals surface area contributed by atoms with Crippen LogP contribution in [0.4, 0.5) is 4.79 Å². The van der Waals surface area contributed by atoms with E-state index in [1.807, 2.05) is 30.3 Å². The van der Waals surface area contributed by atoms with Crippen molar-refractivity contribution in [2.24, 2.45) is 4.99 Å². The first kappa shape index (κ1) is 21.3. The summed E-state index contributed by atoms with van der Waals surface area (Å²) in [6.45, 7) is 5.47. The first-order valence-electron chi connectivity index (χ1n) is 9.59. The van der Waals surface area contributed by atoms with Crippen molar-refractivity contribution in [3.05, 3.63) is 66.4 Å². The van der Waals surface area contributed by atoms with E-state index in [9.17, 15) is 9.59 Å². The lowest BCUT2D eigenvalue weighted by Crippen LogP contribution is -2.43. The number of esters is 1. The van der Waals surface area contributed by atoms with Crippen molar-refractivity contribution in [2.45, 2.75) is 51.0 Å². The van der Waals surface area contributed by atoms with Gasteiger partial charge in [-0.3, -0.25) is 4.99 Å². The Bertz CT molecular complexity index is 902. The summed E-state index contributed by atoms with van der Waals surface area (Å²) in [6.07, 6.45) is 7.04. The van der Waals surface area contributed by atoms with E-state index in [0.29, 0.717) is 5.76 Å². The fourth-order valence-electron chi connectivity index (χ4n) is 2.95. The Kier molecular flexibility index (Phi) is 6.34. The molecule has 1 N–H and O–H groups in total. The summed E-state index contributed by atoms with van der Waals surface area (Å²) in [6, 6.07) is 8.62. The maximum atomic E-state index is 12.9. The summed E-state index contributed by atoms with van der Waals surface area (Å²) in [5, 5.41) is 2.75. The van der Waals surface area contributed by atoms with Crippen molar-refractivity contribution in [1.29, 1.82) is 0 Å². The lowest BCUT2D eigenvalue weighted by Gasteiger charge is -2.30. The van der Waals surface area contributed by atoms with Crippen molar-refractivity contribution in [3.8, 4) is 0 Å². The van der Waals surface area contributed by atoms with Crippen LogP contribution in [0.15, 0.2) is 64.5 Å². The Morgan fingerprint density at radius 3 is 2.60 bits per heavy atom. The van der Waals surface area contributed by atoms with E-state index in [0.717, 1.165) is 5.56 Å². The number of aromatic nitrogens is 1. The van der Waals surface area contributed by atoms with Gasteiger partial charge >= 0.3 is 12.1 Å².